The summed E-state index contributed by atoms with van der Waals surface area (Å²) in [5, 5.41) is 0. The van der Waals surface area contributed by atoms with E-state index >= 15 is 0 Å². The van der Waals surface area contributed by atoms with Crippen LogP contribution in [0.2, 0.25) is 0 Å². The molecule has 0 bridgehead atoms. The van der Waals surface area contributed by atoms with E-state index in [0.717, 1.165) is 0 Å². The lowest BCUT2D eigenvalue weighted by atomic mass is 9.90. The summed E-state index contributed by atoms with van der Waals surface area (Å²) in [4.78, 5) is 3.57. The topological polar surface area (TPSA) is 22.1 Å². The first kappa shape index (κ1) is 12.8. The molecule has 1 saturated heterocycles. The Morgan fingerprint density at radius 3 is 2.47 bits per heavy atom. The van der Waals surface area contributed by atoms with Crippen LogP contribution in [0, 0.1) is 0 Å². The van der Waals surface area contributed by atoms with Gasteiger partial charge < -0.3 is 4.74 Å². The Kier molecular flexibility index (Phi) is 3.73. The van der Waals surface area contributed by atoms with Crippen molar-refractivity contribution in [3.63, 3.8) is 0 Å². The lowest BCUT2D eigenvalue weighted by Crippen LogP contribution is -2.19. The monoisotopic (exact) mass is 309 g/mol. The standard InChI is InChI=1S/C11H11BrF3NO/c12-9-2-1-8(7-3-5-17-6-4-7)10(16-9)11(13,14)15/h1-2,7H,3-6H2. The highest BCUT2D eigenvalue weighted by Gasteiger charge is 2.37. The van der Waals surface area contributed by atoms with Crippen LogP contribution in [0.4, 0.5) is 13.2 Å². The van der Waals surface area contributed by atoms with Gasteiger partial charge in [-0.05, 0) is 46.3 Å². The number of hydrogen-bond acceptors (Lipinski definition) is 2. The Labute approximate surface area is 105 Å². The number of aromatic nitrogens is 1. The molecule has 1 fully saturated rings. The molecule has 6 heteroatoms. The van der Waals surface area contributed by atoms with Crippen LogP contribution in [0.1, 0.15) is 30.0 Å². The van der Waals surface area contributed by atoms with Gasteiger partial charge in [-0.25, -0.2) is 4.98 Å². The van der Waals surface area contributed by atoms with E-state index in [-0.39, 0.29) is 16.1 Å². The fourth-order valence-electron chi connectivity index (χ4n) is 2.01. The lowest BCUT2D eigenvalue weighted by molar-refractivity contribution is -0.142. The quantitative estimate of drug-likeness (QED) is 0.737. The molecule has 2 nitrogen and oxygen atoms in total. The summed E-state index contributed by atoms with van der Waals surface area (Å²) in [6.07, 6.45) is -3.17. The number of pyridine rings is 1. The van der Waals surface area contributed by atoms with Crippen molar-refractivity contribution in [1.29, 1.82) is 0 Å². The summed E-state index contributed by atoms with van der Waals surface area (Å²) in [6.45, 7) is 1.02. The third-order valence-electron chi connectivity index (χ3n) is 2.82. The minimum atomic E-state index is -4.41. The van der Waals surface area contributed by atoms with E-state index in [1.165, 1.54) is 6.07 Å². The maximum absolute atomic E-state index is 12.9. The van der Waals surface area contributed by atoms with E-state index in [1.54, 1.807) is 6.07 Å². The predicted octanol–water partition coefficient (Wildman–Crippen LogP) is 3.76. The molecule has 0 N–H and O–H groups in total. The largest absolute Gasteiger partial charge is 0.433 e. The van der Waals surface area contributed by atoms with Crippen molar-refractivity contribution in [2.24, 2.45) is 0 Å². The fraction of sp³-hybridized carbons (Fsp3) is 0.545. The summed E-state index contributed by atoms with van der Waals surface area (Å²) < 4.78 is 44.0. The van der Waals surface area contributed by atoms with Crippen LogP contribution < -0.4 is 0 Å². The van der Waals surface area contributed by atoms with Crippen molar-refractivity contribution in [2.45, 2.75) is 24.9 Å². The molecule has 1 aromatic heterocycles. The van der Waals surface area contributed by atoms with Crippen LogP contribution in [0.25, 0.3) is 0 Å². The van der Waals surface area contributed by atoms with E-state index < -0.39 is 11.9 Å². The van der Waals surface area contributed by atoms with E-state index in [1.807, 2.05) is 0 Å². The minimum Gasteiger partial charge on any atom is -0.381 e. The Bertz CT molecular complexity index is 402. The average Bonchev–Trinajstić information content (AvgIpc) is 2.29. The molecule has 0 radical (unpaired) electrons. The molecule has 0 aromatic carbocycles. The van der Waals surface area contributed by atoms with E-state index in [0.29, 0.717) is 26.1 Å². The molecule has 0 spiro atoms. The van der Waals surface area contributed by atoms with Gasteiger partial charge in [0.2, 0.25) is 0 Å². The highest BCUT2D eigenvalue weighted by molar-refractivity contribution is 9.10. The normalized spacial score (nSPS) is 18.4. The second kappa shape index (κ2) is 4.94. The third-order valence-corrected chi connectivity index (χ3v) is 3.26. The molecule has 0 atom stereocenters. The number of rotatable bonds is 1. The average molecular weight is 310 g/mol. The van der Waals surface area contributed by atoms with Gasteiger partial charge in [0, 0.05) is 13.2 Å². The fourth-order valence-corrected chi connectivity index (χ4v) is 2.32. The van der Waals surface area contributed by atoms with E-state index in [4.69, 9.17) is 4.74 Å². The van der Waals surface area contributed by atoms with Crippen molar-refractivity contribution < 1.29 is 17.9 Å². The van der Waals surface area contributed by atoms with Crippen molar-refractivity contribution in [3.05, 3.63) is 28.0 Å². The molecule has 94 valence electrons. The van der Waals surface area contributed by atoms with E-state index in [2.05, 4.69) is 20.9 Å². The molecule has 1 aromatic rings. The SMILES string of the molecule is FC(F)(F)c1nc(Br)ccc1C1CCOCC1. The first-order chi connectivity index (χ1) is 7.98. The highest BCUT2D eigenvalue weighted by atomic mass is 79.9. The lowest BCUT2D eigenvalue weighted by Gasteiger charge is -2.24. The van der Waals surface area contributed by atoms with Crippen LogP contribution in [-0.2, 0) is 10.9 Å². The van der Waals surface area contributed by atoms with Gasteiger partial charge in [-0.15, -0.1) is 0 Å². The molecule has 1 aliphatic heterocycles. The number of nitrogens with zero attached hydrogens (tertiary/aromatic N) is 1. The summed E-state index contributed by atoms with van der Waals surface area (Å²) in [7, 11) is 0. The van der Waals surface area contributed by atoms with Crippen molar-refractivity contribution >= 4 is 15.9 Å². The Morgan fingerprint density at radius 1 is 1.24 bits per heavy atom. The molecule has 0 aliphatic carbocycles. The summed E-state index contributed by atoms with van der Waals surface area (Å²) >= 11 is 2.98. The van der Waals surface area contributed by atoms with Crippen molar-refractivity contribution in [2.75, 3.05) is 13.2 Å². The maximum atomic E-state index is 12.9. The number of alkyl halides is 3. The van der Waals surface area contributed by atoms with Gasteiger partial charge in [-0.1, -0.05) is 6.07 Å². The van der Waals surface area contributed by atoms with Gasteiger partial charge in [0.25, 0.3) is 0 Å². The second-order valence-corrected chi connectivity index (χ2v) is 4.77. The molecular formula is C11H11BrF3NO. The molecule has 0 unspecified atom stereocenters. The zero-order valence-corrected chi connectivity index (χ0v) is 10.5. The zero-order chi connectivity index (χ0) is 12.5. The molecular weight excluding hydrogens is 299 g/mol. The Hall–Kier alpha value is -0.620. The smallest absolute Gasteiger partial charge is 0.381 e. The molecule has 2 heterocycles. The van der Waals surface area contributed by atoms with Crippen LogP contribution in [0.3, 0.4) is 0 Å². The third kappa shape index (κ3) is 2.98. The molecule has 0 amide bonds. The summed E-state index contributed by atoms with van der Waals surface area (Å²) in [6, 6.07) is 3.07. The maximum Gasteiger partial charge on any atom is 0.433 e. The molecule has 0 saturated carbocycles. The number of hydrogen-bond donors (Lipinski definition) is 0. The van der Waals surface area contributed by atoms with E-state index in [9.17, 15) is 13.2 Å². The van der Waals surface area contributed by atoms with Gasteiger partial charge in [0.15, 0.2) is 0 Å². The summed E-state index contributed by atoms with van der Waals surface area (Å²) in [5.41, 5.74) is -0.497. The molecule has 17 heavy (non-hydrogen) atoms. The van der Waals surface area contributed by atoms with Gasteiger partial charge >= 0.3 is 6.18 Å². The van der Waals surface area contributed by atoms with Crippen LogP contribution in [0.15, 0.2) is 16.7 Å². The van der Waals surface area contributed by atoms with Gasteiger partial charge in [0.05, 0.1) is 0 Å². The predicted molar refractivity (Wildman–Crippen MR) is 59.7 cm³/mol. The first-order valence-electron chi connectivity index (χ1n) is 5.30. The molecule has 1 aliphatic rings. The summed E-state index contributed by atoms with van der Waals surface area (Å²) in [5.74, 6) is -0.110. The van der Waals surface area contributed by atoms with Crippen LogP contribution in [0.5, 0.6) is 0 Å². The molecule has 2 rings (SSSR count). The highest BCUT2D eigenvalue weighted by Crippen LogP contribution is 2.37. The van der Waals surface area contributed by atoms with Crippen molar-refractivity contribution in [3.8, 4) is 0 Å². The number of halogens is 4. The van der Waals surface area contributed by atoms with Crippen LogP contribution >= 0.6 is 15.9 Å². The van der Waals surface area contributed by atoms with Gasteiger partial charge in [-0.2, -0.15) is 13.2 Å². The Morgan fingerprint density at radius 2 is 1.88 bits per heavy atom. The minimum absolute atomic E-state index is 0.110. The van der Waals surface area contributed by atoms with Crippen molar-refractivity contribution in [1.82, 2.24) is 4.98 Å². The Balaban J connectivity index is 2.38. The van der Waals surface area contributed by atoms with Gasteiger partial charge in [-0.3, -0.25) is 0 Å². The number of ether oxygens (including phenoxy) is 1. The zero-order valence-electron chi connectivity index (χ0n) is 8.93. The second-order valence-electron chi connectivity index (χ2n) is 3.96. The van der Waals surface area contributed by atoms with Gasteiger partial charge in [0.1, 0.15) is 10.3 Å². The first-order valence-corrected chi connectivity index (χ1v) is 6.09. The van der Waals surface area contributed by atoms with Crippen LogP contribution in [-0.4, -0.2) is 18.2 Å².